The van der Waals surface area contributed by atoms with Crippen LogP contribution in [-0.2, 0) is 0 Å². The third-order valence-electron chi connectivity index (χ3n) is 3.20. The van der Waals surface area contributed by atoms with Gasteiger partial charge in [-0.25, -0.2) is 0 Å². The maximum absolute atomic E-state index is 10.9. The highest BCUT2D eigenvalue weighted by Gasteiger charge is 2.24. The molecule has 17 heavy (non-hydrogen) atoms. The predicted molar refractivity (Wildman–Crippen MR) is 65.1 cm³/mol. The summed E-state index contributed by atoms with van der Waals surface area (Å²) in [6, 6.07) is 6.79. The average molecular weight is 236 g/mol. The van der Waals surface area contributed by atoms with Gasteiger partial charge in [0.2, 0.25) is 0 Å². The lowest BCUT2D eigenvalue weighted by Crippen LogP contribution is -2.37. The molecule has 1 aliphatic heterocycles. The summed E-state index contributed by atoms with van der Waals surface area (Å²) in [6.45, 7) is 1.67. The zero-order valence-electron chi connectivity index (χ0n) is 9.58. The molecular formula is C12H16N2O3. The third kappa shape index (κ3) is 2.55. The van der Waals surface area contributed by atoms with Crippen molar-refractivity contribution >= 4 is 11.4 Å². The van der Waals surface area contributed by atoms with E-state index in [0.717, 1.165) is 19.4 Å². The Morgan fingerprint density at radius 3 is 2.94 bits per heavy atom. The second kappa shape index (κ2) is 5.14. The quantitative estimate of drug-likeness (QED) is 0.642. The molecule has 0 aromatic heterocycles. The van der Waals surface area contributed by atoms with E-state index in [4.69, 9.17) is 0 Å². The van der Waals surface area contributed by atoms with Crippen LogP contribution in [-0.4, -0.2) is 29.7 Å². The minimum absolute atomic E-state index is 0.145. The maximum Gasteiger partial charge on any atom is 0.292 e. The largest absolute Gasteiger partial charge is 0.396 e. The molecule has 1 atom stereocenters. The number of nitro groups is 1. The molecule has 0 spiro atoms. The van der Waals surface area contributed by atoms with Crippen LogP contribution >= 0.6 is 0 Å². The molecule has 1 N–H and O–H groups in total. The molecule has 1 aliphatic rings. The van der Waals surface area contributed by atoms with Gasteiger partial charge in [-0.15, -0.1) is 0 Å². The number of hydrogen-bond acceptors (Lipinski definition) is 4. The standard InChI is InChI=1S/C12H16N2O3/c15-9-10-4-3-7-13(8-10)11-5-1-2-6-12(11)14(16)17/h1-2,5-6,10,15H,3-4,7-9H2/t10-/m1/s1. The molecule has 1 aromatic rings. The first-order valence-corrected chi connectivity index (χ1v) is 5.81. The summed E-state index contributed by atoms with van der Waals surface area (Å²) in [6.07, 6.45) is 1.96. The summed E-state index contributed by atoms with van der Waals surface area (Å²) >= 11 is 0. The van der Waals surface area contributed by atoms with Crippen molar-refractivity contribution in [3.8, 4) is 0 Å². The lowest BCUT2D eigenvalue weighted by molar-refractivity contribution is -0.384. The van der Waals surface area contributed by atoms with Gasteiger partial charge >= 0.3 is 0 Å². The Kier molecular flexibility index (Phi) is 3.58. The number of benzene rings is 1. The highest BCUT2D eigenvalue weighted by Crippen LogP contribution is 2.30. The van der Waals surface area contributed by atoms with Gasteiger partial charge in [-0.3, -0.25) is 10.1 Å². The molecule has 1 fully saturated rings. The summed E-state index contributed by atoms with van der Waals surface area (Å²) in [4.78, 5) is 12.6. The molecule has 5 heteroatoms. The lowest BCUT2D eigenvalue weighted by atomic mass is 9.98. The molecule has 1 heterocycles. The van der Waals surface area contributed by atoms with E-state index in [9.17, 15) is 15.2 Å². The van der Waals surface area contributed by atoms with Gasteiger partial charge in [0, 0.05) is 25.8 Å². The number of nitro benzene ring substituents is 1. The van der Waals surface area contributed by atoms with E-state index in [1.807, 2.05) is 11.0 Å². The number of rotatable bonds is 3. The molecule has 0 bridgehead atoms. The fourth-order valence-electron chi connectivity index (χ4n) is 2.32. The van der Waals surface area contributed by atoms with E-state index < -0.39 is 0 Å². The molecule has 0 radical (unpaired) electrons. The van der Waals surface area contributed by atoms with Crippen molar-refractivity contribution in [1.29, 1.82) is 0 Å². The number of para-hydroxylation sites is 2. The van der Waals surface area contributed by atoms with Crippen LogP contribution in [0, 0.1) is 16.0 Å². The molecule has 1 aromatic carbocycles. The van der Waals surface area contributed by atoms with Crippen molar-refractivity contribution in [1.82, 2.24) is 0 Å². The van der Waals surface area contributed by atoms with Crippen LogP contribution in [0.4, 0.5) is 11.4 Å². The Labute approximate surface area is 99.8 Å². The number of aliphatic hydroxyl groups is 1. The number of hydrogen-bond donors (Lipinski definition) is 1. The number of piperidine rings is 1. The zero-order chi connectivity index (χ0) is 12.3. The first kappa shape index (κ1) is 11.9. The molecule has 92 valence electrons. The second-order valence-corrected chi connectivity index (χ2v) is 4.38. The van der Waals surface area contributed by atoms with E-state index in [2.05, 4.69) is 0 Å². The fraction of sp³-hybridized carbons (Fsp3) is 0.500. The van der Waals surface area contributed by atoms with Crippen LogP contribution < -0.4 is 4.90 Å². The van der Waals surface area contributed by atoms with Gasteiger partial charge in [0.15, 0.2) is 0 Å². The number of nitrogens with zero attached hydrogens (tertiary/aromatic N) is 2. The van der Waals surface area contributed by atoms with Crippen LogP contribution in [0.5, 0.6) is 0 Å². The Morgan fingerprint density at radius 1 is 1.47 bits per heavy atom. The minimum Gasteiger partial charge on any atom is -0.396 e. The van der Waals surface area contributed by atoms with E-state index in [1.54, 1.807) is 12.1 Å². The molecule has 0 saturated carbocycles. The molecule has 5 nitrogen and oxygen atoms in total. The average Bonchev–Trinajstić information content (AvgIpc) is 2.39. The fourth-order valence-corrected chi connectivity index (χ4v) is 2.32. The summed E-state index contributed by atoms with van der Waals surface area (Å²) < 4.78 is 0. The smallest absolute Gasteiger partial charge is 0.292 e. The van der Waals surface area contributed by atoms with Crippen molar-refractivity contribution in [2.24, 2.45) is 5.92 Å². The van der Waals surface area contributed by atoms with E-state index in [-0.39, 0.29) is 23.1 Å². The van der Waals surface area contributed by atoms with E-state index in [0.29, 0.717) is 12.2 Å². The lowest BCUT2D eigenvalue weighted by Gasteiger charge is -2.33. The van der Waals surface area contributed by atoms with Crippen molar-refractivity contribution < 1.29 is 10.0 Å². The highest BCUT2D eigenvalue weighted by atomic mass is 16.6. The van der Waals surface area contributed by atoms with Crippen molar-refractivity contribution in [2.45, 2.75) is 12.8 Å². The van der Waals surface area contributed by atoms with Gasteiger partial charge in [0.25, 0.3) is 5.69 Å². The monoisotopic (exact) mass is 236 g/mol. The molecule has 1 saturated heterocycles. The Bertz CT molecular complexity index is 408. The van der Waals surface area contributed by atoms with Crippen molar-refractivity contribution in [3.05, 3.63) is 34.4 Å². The normalized spacial score (nSPS) is 20.3. The van der Waals surface area contributed by atoms with Crippen LogP contribution in [0.15, 0.2) is 24.3 Å². The minimum atomic E-state index is -0.349. The first-order chi connectivity index (χ1) is 8.22. The predicted octanol–water partition coefficient (Wildman–Crippen LogP) is 1.80. The van der Waals surface area contributed by atoms with Crippen LogP contribution in [0.2, 0.25) is 0 Å². The molecule has 0 amide bonds. The maximum atomic E-state index is 10.9. The van der Waals surface area contributed by atoms with Crippen LogP contribution in [0.3, 0.4) is 0 Å². The van der Waals surface area contributed by atoms with E-state index >= 15 is 0 Å². The first-order valence-electron chi connectivity index (χ1n) is 5.81. The summed E-state index contributed by atoms with van der Waals surface area (Å²) in [7, 11) is 0. The highest BCUT2D eigenvalue weighted by molar-refractivity contribution is 5.63. The molecule has 0 aliphatic carbocycles. The zero-order valence-corrected chi connectivity index (χ0v) is 9.58. The number of anilines is 1. The topological polar surface area (TPSA) is 66.6 Å². The summed E-state index contributed by atoms with van der Waals surface area (Å²) in [5.74, 6) is 0.226. The van der Waals surface area contributed by atoms with Gasteiger partial charge in [0.1, 0.15) is 5.69 Å². The van der Waals surface area contributed by atoms with Crippen molar-refractivity contribution in [2.75, 3.05) is 24.6 Å². The van der Waals surface area contributed by atoms with Gasteiger partial charge in [0.05, 0.1) is 4.92 Å². The Hall–Kier alpha value is -1.62. The molecular weight excluding hydrogens is 220 g/mol. The van der Waals surface area contributed by atoms with Gasteiger partial charge < -0.3 is 10.0 Å². The van der Waals surface area contributed by atoms with Gasteiger partial charge in [-0.05, 0) is 24.8 Å². The summed E-state index contributed by atoms with van der Waals surface area (Å²) in [5.41, 5.74) is 0.807. The Morgan fingerprint density at radius 2 is 2.24 bits per heavy atom. The number of aliphatic hydroxyl groups excluding tert-OH is 1. The second-order valence-electron chi connectivity index (χ2n) is 4.38. The van der Waals surface area contributed by atoms with Crippen LogP contribution in [0.1, 0.15) is 12.8 Å². The Balaban J connectivity index is 2.24. The molecule has 2 rings (SSSR count). The molecule has 0 unspecified atom stereocenters. The van der Waals surface area contributed by atoms with Crippen molar-refractivity contribution in [3.63, 3.8) is 0 Å². The van der Waals surface area contributed by atoms with Gasteiger partial charge in [-0.1, -0.05) is 12.1 Å². The van der Waals surface area contributed by atoms with E-state index in [1.165, 1.54) is 6.07 Å². The third-order valence-corrected chi connectivity index (χ3v) is 3.20. The van der Waals surface area contributed by atoms with Crippen LogP contribution in [0.25, 0.3) is 0 Å². The summed E-state index contributed by atoms with van der Waals surface area (Å²) in [5, 5.41) is 20.1. The van der Waals surface area contributed by atoms with Gasteiger partial charge in [-0.2, -0.15) is 0 Å². The SMILES string of the molecule is O=[N+]([O-])c1ccccc1N1CCC[C@@H](CO)C1.